The van der Waals surface area contributed by atoms with E-state index in [1.165, 1.54) is 22.3 Å². The van der Waals surface area contributed by atoms with Crippen molar-refractivity contribution in [2.75, 3.05) is 6.54 Å². The van der Waals surface area contributed by atoms with Crippen LogP contribution >= 0.6 is 11.6 Å². The molecular weight excluding hydrogens is 254 g/mol. The quantitative estimate of drug-likeness (QED) is 0.771. The smallest absolute Gasteiger partial charge is 0.0412 e. The third-order valence-corrected chi connectivity index (χ3v) is 3.48. The van der Waals surface area contributed by atoms with E-state index in [1.54, 1.807) is 0 Å². The molecule has 0 aliphatic rings. The molecule has 1 N–H and O–H groups in total. The van der Waals surface area contributed by atoms with E-state index in [-0.39, 0.29) is 0 Å². The summed E-state index contributed by atoms with van der Waals surface area (Å²) in [4.78, 5) is 0. The van der Waals surface area contributed by atoms with Crippen LogP contribution in [0.5, 0.6) is 0 Å². The van der Waals surface area contributed by atoms with Gasteiger partial charge in [0.2, 0.25) is 0 Å². The zero-order valence-corrected chi connectivity index (χ0v) is 12.3. The first-order valence-electron chi connectivity index (χ1n) is 6.77. The molecule has 2 rings (SSSR count). The first-order valence-corrected chi connectivity index (χ1v) is 7.15. The summed E-state index contributed by atoms with van der Waals surface area (Å²) >= 11 is 6.16. The van der Waals surface area contributed by atoms with Crippen molar-refractivity contribution in [1.82, 2.24) is 5.32 Å². The summed E-state index contributed by atoms with van der Waals surface area (Å²) in [6.45, 7) is 6.24. The second-order valence-corrected chi connectivity index (χ2v) is 5.23. The predicted octanol–water partition coefficient (Wildman–Crippen LogP) is 4.82. The summed E-state index contributed by atoms with van der Waals surface area (Å²) in [6, 6.07) is 14.6. The maximum Gasteiger partial charge on any atom is 0.0412 e. The molecule has 0 aromatic heterocycles. The Labute approximate surface area is 120 Å². The van der Waals surface area contributed by atoms with E-state index in [9.17, 15) is 0 Å². The maximum atomic E-state index is 6.16. The fraction of sp³-hybridized carbons (Fsp3) is 0.294. The number of aryl methyl sites for hydroxylation is 1. The molecule has 0 spiro atoms. The lowest BCUT2D eigenvalue weighted by Crippen LogP contribution is -2.14. The van der Waals surface area contributed by atoms with Gasteiger partial charge in [-0.1, -0.05) is 48.9 Å². The fourth-order valence-electron chi connectivity index (χ4n) is 2.23. The summed E-state index contributed by atoms with van der Waals surface area (Å²) in [6.07, 6.45) is 1.15. The zero-order chi connectivity index (χ0) is 13.7. The molecule has 0 saturated heterocycles. The van der Waals surface area contributed by atoms with E-state index in [0.717, 1.165) is 24.5 Å². The summed E-state index contributed by atoms with van der Waals surface area (Å²) in [5, 5.41) is 4.25. The third-order valence-electron chi connectivity index (χ3n) is 3.25. The molecule has 0 radical (unpaired) electrons. The second kappa shape index (κ2) is 6.74. The molecule has 0 atom stereocenters. The van der Waals surface area contributed by atoms with Gasteiger partial charge in [-0.3, -0.25) is 0 Å². The lowest BCUT2D eigenvalue weighted by molar-refractivity contribution is 0.676. The highest BCUT2D eigenvalue weighted by atomic mass is 35.5. The van der Waals surface area contributed by atoms with Gasteiger partial charge in [-0.2, -0.15) is 0 Å². The van der Waals surface area contributed by atoms with Gasteiger partial charge >= 0.3 is 0 Å². The molecule has 0 heterocycles. The van der Waals surface area contributed by atoms with Crippen molar-refractivity contribution in [2.24, 2.45) is 0 Å². The van der Waals surface area contributed by atoms with Gasteiger partial charge in [0.15, 0.2) is 0 Å². The van der Waals surface area contributed by atoms with Crippen LogP contribution in [0.2, 0.25) is 5.02 Å². The van der Waals surface area contributed by atoms with Crippen LogP contribution in [0.25, 0.3) is 11.1 Å². The third kappa shape index (κ3) is 3.59. The standard InChI is InChI=1S/C17H20ClN/c1-3-10-19-12-14-8-9-15(18)11-17(14)16-7-5-4-6-13(16)2/h4-9,11,19H,3,10,12H2,1-2H3. The molecule has 0 unspecified atom stereocenters. The number of halogens is 1. The summed E-state index contributed by atoms with van der Waals surface area (Å²) in [5.74, 6) is 0. The van der Waals surface area contributed by atoms with Crippen molar-refractivity contribution in [3.8, 4) is 11.1 Å². The van der Waals surface area contributed by atoms with E-state index in [0.29, 0.717) is 0 Å². The van der Waals surface area contributed by atoms with Gasteiger partial charge in [-0.05, 0) is 54.3 Å². The number of benzene rings is 2. The Balaban J connectivity index is 2.37. The number of hydrogen-bond acceptors (Lipinski definition) is 1. The zero-order valence-electron chi connectivity index (χ0n) is 11.5. The Morgan fingerprint density at radius 2 is 1.84 bits per heavy atom. The lowest BCUT2D eigenvalue weighted by Gasteiger charge is -2.13. The van der Waals surface area contributed by atoms with Crippen LogP contribution in [0, 0.1) is 6.92 Å². The van der Waals surface area contributed by atoms with E-state index in [2.05, 4.69) is 55.6 Å². The predicted molar refractivity (Wildman–Crippen MR) is 83.6 cm³/mol. The number of nitrogens with one attached hydrogen (secondary N) is 1. The van der Waals surface area contributed by atoms with Crippen molar-refractivity contribution in [3.63, 3.8) is 0 Å². The van der Waals surface area contributed by atoms with Crippen molar-refractivity contribution in [1.29, 1.82) is 0 Å². The topological polar surface area (TPSA) is 12.0 Å². The van der Waals surface area contributed by atoms with E-state index < -0.39 is 0 Å². The van der Waals surface area contributed by atoms with Crippen molar-refractivity contribution < 1.29 is 0 Å². The van der Waals surface area contributed by atoms with Gasteiger partial charge < -0.3 is 5.32 Å². The van der Waals surface area contributed by atoms with Crippen molar-refractivity contribution in [3.05, 3.63) is 58.6 Å². The molecule has 100 valence electrons. The van der Waals surface area contributed by atoms with Crippen molar-refractivity contribution in [2.45, 2.75) is 26.8 Å². The van der Waals surface area contributed by atoms with Gasteiger partial charge in [-0.15, -0.1) is 0 Å². The van der Waals surface area contributed by atoms with Gasteiger partial charge in [0.1, 0.15) is 0 Å². The molecule has 0 saturated carbocycles. The molecule has 2 heteroatoms. The Kier molecular flexibility index (Phi) is 5.00. The van der Waals surface area contributed by atoms with Crippen LogP contribution in [0.4, 0.5) is 0 Å². The average Bonchev–Trinajstić information content (AvgIpc) is 2.41. The first-order chi connectivity index (χ1) is 9.22. The lowest BCUT2D eigenvalue weighted by atomic mass is 9.96. The van der Waals surface area contributed by atoms with Crippen LogP contribution in [0.1, 0.15) is 24.5 Å². The minimum Gasteiger partial charge on any atom is -0.313 e. The van der Waals surface area contributed by atoms with Crippen LogP contribution in [0.15, 0.2) is 42.5 Å². The molecule has 0 aliphatic heterocycles. The average molecular weight is 274 g/mol. The maximum absolute atomic E-state index is 6.16. The Morgan fingerprint density at radius 1 is 1.05 bits per heavy atom. The second-order valence-electron chi connectivity index (χ2n) is 4.79. The molecule has 1 nitrogen and oxygen atoms in total. The molecule has 0 bridgehead atoms. The molecule has 2 aromatic rings. The van der Waals surface area contributed by atoms with Crippen LogP contribution < -0.4 is 5.32 Å². The fourth-order valence-corrected chi connectivity index (χ4v) is 2.40. The number of hydrogen-bond donors (Lipinski definition) is 1. The highest BCUT2D eigenvalue weighted by molar-refractivity contribution is 6.30. The first kappa shape index (κ1) is 14.1. The summed E-state index contributed by atoms with van der Waals surface area (Å²) in [5.41, 5.74) is 5.07. The SMILES string of the molecule is CCCNCc1ccc(Cl)cc1-c1ccccc1C. The minimum absolute atomic E-state index is 0.789. The normalized spacial score (nSPS) is 10.7. The van der Waals surface area contributed by atoms with Gasteiger partial charge in [0, 0.05) is 11.6 Å². The highest BCUT2D eigenvalue weighted by Crippen LogP contribution is 2.29. The summed E-state index contributed by atoms with van der Waals surface area (Å²) in [7, 11) is 0. The molecule has 2 aromatic carbocycles. The van der Waals surface area contributed by atoms with Crippen LogP contribution in [-0.2, 0) is 6.54 Å². The Morgan fingerprint density at radius 3 is 2.58 bits per heavy atom. The van der Waals surface area contributed by atoms with Gasteiger partial charge in [-0.25, -0.2) is 0 Å². The van der Waals surface area contributed by atoms with Gasteiger partial charge in [0.25, 0.3) is 0 Å². The monoisotopic (exact) mass is 273 g/mol. The Hall–Kier alpha value is -1.31. The van der Waals surface area contributed by atoms with Crippen molar-refractivity contribution >= 4 is 11.6 Å². The van der Waals surface area contributed by atoms with Crippen LogP contribution in [0.3, 0.4) is 0 Å². The molecule has 19 heavy (non-hydrogen) atoms. The largest absolute Gasteiger partial charge is 0.313 e. The molecular formula is C17H20ClN. The van der Waals surface area contributed by atoms with Crippen LogP contribution in [-0.4, -0.2) is 6.54 Å². The van der Waals surface area contributed by atoms with Gasteiger partial charge in [0.05, 0.1) is 0 Å². The van der Waals surface area contributed by atoms with E-state index >= 15 is 0 Å². The number of rotatable bonds is 5. The Bertz CT molecular complexity index is 549. The molecule has 0 fully saturated rings. The minimum atomic E-state index is 0.789. The van der Waals surface area contributed by atoms with E-state index in [1.807, 2.05) is 6.07 Å². The van der Waals surface area contributed by atoms with E-state index in [4.69, 9.17) is 11.6 Å². The molecule has 0 amide bonds. The highest BCUT2D eigenvalue weighted by Gasteiger charge is 2.07. The molecule has 0 aliphatic carbocycles. The summed E-state index contributed by atoms with van der Waals surface area (Å²) < 4.78 is 0.